The fourth-order valence-electron chi connectivity index (χ4n) is 3.19. The zero-order valence-corrected chi connectivity index (χ0v) is 17.2. The van der Waals surface area contributed by atoms with E-state index in [9.17, 15) is 9.59 Å². The highest BCUT2D eigenvalue weighted by Crippen LogP contribution is 2.11. The Kier molecular flexibility index (Phi) is 6.07. The molecule has 0 saturated carbocycles. The van der Waals surface area contributed by atoms with Gasteiger partial charge in [0.25, 0.3) is 11.5 Å². The first-order chi connectivity index (χ1) is 15.1. The zero-order valence-electron chi connectivity index (χ0n) is 17.2. The van der Waals surface area contributed by atoms with Gasteiger partial charge in [0.1, 0.15) is 17.5 Å². The van der Waals surface area contributed by atoms with Gasteiger partial charge in [-0.2, -0.15) is 5.10 Å². The van der Waals surface area contributed by atoms with E-state index in [0.29, 0.717) is 36.4 Å². The predicted octanol–water partition coefficient (Wildman–Crippen LogP) is 2.14. The number of fused-ring (bicyclic) bond motifs is 1. The molecule has 2 aromatic heterocycles. The van der Waals surface area contributed by atoms with Gasteiger partial charge in [-0.25, -0.2) is 9.67 Å². The highest BCUT2D eigenvalue weighted by Gasteiger charge is 2.11. The van der Waals surface area contributed by atoms with Crippen LogP contribution >= 0.6 is 0 Å². The quantitative estimate of drug-likeness (QED) is 0.474. The van der Waals surface area contributed by atoms with E-state index in [1.165, 1.54) is 12.5 Å². The van der Waals surface area contributed by atoms with E-state index in [-0.39, 0.29) is 18.1 Å². The van der Waals surface area contributed by atoms with Crippen molar-refractivity contribution >= 4 is 16.9 Å². The number of carbonyl (C=O) groups excluding carboxylic acids is 1. The molecule has 31 heavy (non-hydrogen) atoms. The van der Waals surface area contributed by atoms with Gasteiger partial charge in [0.2, 0.25) is 0 Å². The second kappa shape index (κ2) is 9.25. The van der Waals surface area contributed by atoms with Crippen molar-refractivity contribution in [3.05, 3.63) is 88.6 Å². The molecule has 8 nitrogen and oxygen atoms in total. The third kappa shape index (κ3) is 4.98. The Morgan fingerprint density at radius 3 is 2.65 bits per heavy atom. The number of benzene rings is 2. The molecule has 2 aromatic carbocycles. The molecule has 0 spiro atoms. The first-order valence-electron chi connectivity index (χ1n) is 10.0. The van der Waals surface area contributed by atoms with Gasteiger partial charge in [-0.15, -0.1) is 0 Å². The third-order valence-corrected chi connectivity index (χ3v) is 4.85. The maximum absolute atomic E-state index is 12.8. The van der Waals surface area contributed by atoms with Gasteiger partial charge in [-0.3, -0.25) is 14.2 Å². The van der Waals surface area contributed by atoms with Crippen molar-refractivity contribution in [3.63, 3.8) is 0 Å². The summed E-state index contributed by atoms with van der Waals surface area (Å²) in [6.07, 6.45) is 3.05. The van der Waals surface area contributed by atoms with Crippen molar-refractivity contribution in [2.75, 3.05) is 13.2 Å². The van der Waals surface area contributed by atoms with Crippen LogP contribution in [0.4, 0.5) is 0 Å². The van der Waals surface area contributed by atoms with Crippen LogP contribution in [0.25, 0.3) is 11.0 Å². The molecule has 0 fully saturated rings. The number of aromatic nitrogens is 4. The standard InChI is InChI=1S/C23H23N5O3/c1-17-7-9-19(10-8-17)31-15-21(29)24-11-12-28-22-20(13-26-28)23(30)27(16-25-22)14-18-5-3-2-4-6-18/h2-10,13,16H,11-12,14-15H2,1H3,(H,24,29). The van der Waals surface area contributed by atoms with Crippen LogP contribution in [-0.4, -0.2) is 38.4 Å². The van der Waals surface area contributed by atoms with Crippen molar-refractivity contribution in [1.82, 2.24) is 24.6 Å². The van der Waals surface area contributed by atoms with Crippen LogP contribution < -0.4 is 15.6 Å². The Morgan fingerprint density at radius 1 is 1.10 bits per heavy atom. The Bertz CT molecular complexity index is 1230. The number of aryl methyl sites for hydroxylation is 1. The number of hydrogen-bond acceptors (Lipinski definition) is 5. The molecular weight excluding hydrogens is 394 g/mol. The maximum atomic E-state index is 12.8. The largest absolute Gasteiger partial charge is 0.484 e. The zero-order chi connectivity index (χ0) is 21.6. The molecule has 0 saturated heterocycles. The number of nitrogens with one attached hydrogen (secondary N) is 1. The van der Waals surface area contributed by atoms with Crippen molar-refractivity contribution in [2.24, 2.45) is 0 Å². The monoisotopic (exact) mass is 417 g/mol. The molecule has 0 aliphatic carbocycles. The minimum atomic E-state index is -0.227. The molecule has 2 heterocycles. The lowest BCUT2D eigenvalue weighted by Gasteiger charge is -2.09. The summed E-state index contributed by atoms with van der Waals surface area (Å²) in [5, 5.41) is 7.50. The SMILES string of the molecule is Cc1ccc(OCC(=O)NCCn2ncc3c(=O)n(Cc4ccccc4)cnc32)cc1. The predicted molar refractivity (Wildman–Crippen MR) is 117 cm³/mol. The lowest BCUT2D eigenvalue weighted by Crippen LogP contribution is -2.31. The van der Waals surface area contributed by atoms with Crippen LogP contribution in [0.3, 0.4) is 0 Å². The summed E-state index contributed by atoms with van der Waals surface area (Å²) in [6.45, 7) is 3.12. The van der Waals surface area contributed by atoms with Crippen LogP contribution in [-0.2, 0) is 17.9 Å². The average Bonchev–Trinajstić information content (AvgIpc) is 3.20. The van der Waals surface area contributed by atoms with E-state index in [2.05, 4.69) is 15.4 Å². The second-order valence-corrected chi connectivity index (χ2v) is 7.22. The number of carbonyl (C=O) groups is 1. The number of ether oxygens (including phenoxy) is 1. The summed E-state index contributed by atoms with van der Waals surface area (Å²) in [6, 6.07) is 17.2. The van der Waals surface area contributed by atoms with Crippen molar-refractivity contribution in [2.45, 2.75) is 20.0 Å². The molecule has 0 aliphatic heterocycles. The first kappa shape index (κ1) is 20.3. The molecule has 4 rings (SSSR count). The Labute approximate surface area is 179 Å². The number of nitrogens with zero attached hydrogens (tertiary/aromatic N) is 4. The van der Waals surface area contributed by atoms with Crippen LogP contribution in [0, 0.1) is 6.92 Å². The Morgan fingerprint density at radius 2 is 1.87 bits per heavy atom. The molecule has 4 aromatic rings. The van der Waals surface area contributed by atoms with Gasteiger partial charge >= 0.3 is 0 Å². The molecule has 0 bridgehead atoms. The lowest BCUT2D eigenvalue weighted by atomic mass is 10.2. The highest BCUT2D eigenvalue weighted by atomic mass is 16.5. The minimum absolute atomic E-state index is 0.0641. The third-order valence-electron chi connectivity index (χ3n) is 4.85. The molecule has 1 N–H and O–H groups in total. The molecule has 0 radical (unpaired) electrons. The molecular formula is C23H23N5O3. The number of amides is 1. The van der Waals surface area contributed by atoms with Gasteiger partial charge in [-0.05, 0) is 24.6 Å². The summed E-state index contributed by atoms with van der Waals surface area (Å²) in [5.41, 5.74) is 2.51. The van der Waals surface area contributed by atoms with Gasteiger partial charge < -0.3 is 10.1 Å². The van der Waals surface area contributed by atoms with E-state index >= 15 is 0 Å². The van der Waals surface area contributed by atoms with Crippen molar-refractivity contribution in [3.8, 4) is 5.75 Å². The smallest absolute Gasteiger partial charge is 0.264 e. The van der Waals surface area contributed by atoms with Gasteiger partial charge in [-0.1, -0.05) is 48.0 Å². The first-order valence-corrected chi connectivity index (χ1v) is 10.0. The minimum Gasteiger partial charge on any atom is -0.484 e. The summed E-state index contributed by atoms with van der Waals surface area (Å²) in [4.78, 5) is 29.2. The topological polar surface area (TPSA) is 91.0 Å². The van der Waals surface area contributed by atoms with Gasteiger partial charge in [0.05, 0.1) is 19.3 Å². The van der Waals surface area contributed by atoms with E-state index < -0.39 is 0 Å². The van der Waals surface area contributed by atoms with E-state index in [1.54, 1.807) is 9.25 Å². The van der Waals surface area contributed by atoms with Crippen LogP contribution in [0.5, 0.6) is 5.75 Å². The normalized spacial score (nSPS) is 10.9. The molecule has 0 atom stereocenters. The van der Waals surface area contributed by atoms with Crippen LogP contribution in [0.2, 0.25) is 0 Å². The van der Waals surface area contributed by atoms with Gasteiger partial charge in [0, 0.05) is 6.54 Å². The maximum Gasteiger partial charge on any atom is 0.264 e. The molecule has 158 valence electrons. The number of hydrogen-bond donors (Lipinski definition) is 1. The molecule has 0 unspecified atom stereocenters. The Balaban J connectivity index is 1.33. The summed E-state index contributed by atoms with van der Waals surface area (Å²) in [5.74, 6) is 0.421. The Hall–Kier alpha value is -3.94. The number of rotatable bonds is 8. The summed E-state index contributed by atoms with van der Waals surface area (Å²) >= 11 is 0. The van der Waals surface area contributed by atoms with Crippen LogP contribution in [0.1, 0.15) is 11.1 Å². The van der Waals surface area contributed by atoms with Crippen molar-refractivity contribution in [1.29, 1.82) is 0 Å². The lowest BCUT2D eigenvalue weighted by molar-refractivity contribution is -0.123. The molecule has 1 amide bonds. The van der Waals surface area contributed by atoms with Crippen molar-refractivity contribution < 1.29 is 9.53 Å². The fourth-order valence-corrected chi connectivity index (χ4v) is 3.19. The van der Waals surface area contributed by atoms with Crippen LogP contribution in [0.15, 0.2) is 71.9 Å². The van der Waals surface area contributed by atoms with E-state index in [0.717, 1.165) is 11.1 Å². The highest BCUT2D eigenvalue weighted by molar-refractivity contribution is 5.77. The molecule has 8 heteroatoms. The van der Waals surface area contributed by atoms with E-state index in [4.69, 9.17) is 4.74 Å². The fraction of sp³-hybridized carbons (Fsp3) is 0.217. The summed E-state index contributed by atoms with van der Waals surface area (Å²) in [7, 11) is 0. The van der Waals surface area contributed by atoms with E-state index in [1.807, 2.05) is 61.5 Å². The average molecular weight is 417 g/mol. The summed E-state index contributed by atoms with van der Waals surface area (Å²) < 4.78 is 8.65. The van der Waals surface area contributed by atoms with Gasteiger partial charge in [0.15, 0.2) is 12.3 Å². The second-order valence-electron chi connectivity index (χ2n) is 7.22. The molecule has 0 aliphatic rings.